The van der Waals surface area contributed by atoms with Crippen molar-refractivity contribution in [3.8, 4) is 0 Å². The van der Waals surface area contributed by atoms with Crippen LogP contribution in [0.2, 0.25) is 0 Å². The predicted octanol–water partition coefficient (Wildman–Crippen LogP) is 0.138. The van der Waals surface area contributed by atoms with Crippen LogP contribution in [0.15, 0.2) is 5.16 Å². The maximum Gasteiger partial charge on any atom is 3.00 e. The van der Waals surface area contributed by atoms with Gasteiger partial charge in [0.05, 0.1) is 0 Å². The molecule has 0 rings (SSSR count). The van der Waals surface area contributed by atoms with Gasteiger partial charge in [0, 0.05) is 0 Å². The standard InChI is InChI=1S/CH3N2O.2CH3.Y/c2-1-3-4;;;/h4H,(H2,2,3);2*1H3;/q3*-1;+3. The molecule has 3 nitrogen and oxygen atoms in total. The summed E-state index contributed by atoms with van der Waals surface area (Å²) < 4.78 is 0. The third kappa shape index (κ3) is 64.6. The van der Waals surface area contributed by atoms with Crippen LogP contribution < -0.4 is 5.73 Å². The molecular weight excluding hydrogens is 169 g/mol. The summed E-state index contributed by atoms with van der Waals surface area (Å²) in [6, 6.07) is 0. The summed E-state index contributed by atoms with van der Waals surface area (Å²) >= 11 is 0. The quantitative estimate of drug-likeness (QED) is 0.138. The summed E-state index contributed by atoms with van der Waals surface area (Å²) in [5.41, 5.74) is 4.36. The van der Waals surface area contributed by atoms with Gasteiger partial charge in [-0.3, -0.25) is 11.5 Å². The first-order chi connectivity index (χ1) is 1.91. The van der Waals surface area contributed by atoms with E-state index in [1.165, 1.54) is 0 Å². The third-order valence-electron chi connectivity index (χ3n) is 0.0577. The van der Waals surface area contributed by atoms with Gasteiger partial charge in [-0.2, -0.15) is 0 Å². The zero-order valence-electron chi connectivity index (χ0n) is 4.55. The number of hydrogen-bond donors (Lipinski definition) is 2. The van der Waals surface area contributed by atoms with Crippen LogP contribution in [-0.2, 0) is 32.7 Å². The number of rotatable bonds is 0. The average molecular weight is 178 g/mol. The van der Waals surface area contributed by atoms with E-state index in [9.17, 15) is 0 Å². The maximum absolute atomic E-state index is 7.26. The minimum atomic E-state index is 0. The summed E-state index contributed by atoms with van der Waals surface area (Å²) in [5.74, 6) is 0. The molecule has 0 saturated carbocycles. The van der Waals surface area contributed by atoms with Crippen molar-refractivity contribution in [2.75, 3.05) is 0 Å². The molecule has 0 amide bonds. The second-order valence-corrected chi connectivity index (χ2v) is 0.229. The van der Waals surface area contributed by atoms with Crippen LogP contribution in [0.3, 0.4) is 0 Å². The largest absolute Gasteiger partial charge is 3.00 e. The normalized spacial score (nSPS) is 5.14. The van der Waals surface area contributed by atoms with Crippen LogP contribution in [-0.4, -0.2) is 11.5 Å². The molecule has 0 aliphatic rings. The number of hydrogen-bond acceptors (Lipinski definition) is 2. The summed E-state index contributed by atoms with van der Waals surface area (Å²) in [6.45, 7) is 0. The summed E-state index contributed by atoms with van der Waals surface area (Å²) in [4.78, 5) is 0. The smallest absolute Gasteiger partial charge is 0.560 e. The van der Waals surface area contributed by atoms with Crippen LogP contribution in [0.5, 0.6) is 0 Å². The van der Waals surface area contributed by atoms with Crippen molar-refractivity contribution in [1.82, 2.24) is 0 Å². The van der Waals surface area contributed by atoms with E-state index in [0.717, 1.165) is 0 Å². The second-order valence-electron chi connectivity index (χ2n) is 0.229. The van der Waals surface area contributed by atoms with Crippen molar-refractivity contribution in [2.45, 2.75) is 0 Å². The molecule has 4 heteroatoms. The van der Waals surface area contributed by atoms with Gasteiger partial charge in [-0.25, -0.2) is 0 Å². The predicted molar refractivity (Wildman–Crippen MR) is 26.2 cm³/mol. The van der Waals surface area contributed by atoms with Crippen molar-refractivity contribution in [3.63, 3.8) is 0 Å². The molecule has 40 valence electrons. The van der Waals surface area contributed by atoms with Crippen LogP contribution in [0.4, 0.5) is 0 Å². The van der Waals surface area contributed by atoms with E-state index >= 15 is 0 Å². The van der Waals surface area contributed by atoms with Crippen molar-refractivity contribution < 1.29 is 37.9 Å². The Morgan fingerprint density at radius 3 is 1.57 bits per heavy atom. The van der Waals surface area contributed by atoms with Crippen molar-refractivity contribution in [1.29, 1.82) is 0 Å². The van der Waals surface area contributed by atoms with E-state index in [4.69, 9.17) is 5.21 Å². The van der Waals surface area contributed by atoms with Crippen LogP contribution >= 0.6 is 0 Å². The Kier molecular flexibility index (Phi) is 123. The van der Waals surface area contributed by atoms with Gasteiger partial charge in [-0.15, -0.1) is 0 Å². The zero-order valence-corrected chi connectivity index (χ0v) is 7.39. The fourth-order valence-electron chi connectivity index (χ4n) is 0. The van der Waals surface area contributed by atoms with Crippen LogP contribution in [0.25, 0.3) is 0 Å². The first-order valence-corrected chi connectivity index (χ1v) is 0.712. The van der Waals surface area contributed by atoms with Gasteiger partial charge < -0.3 is 25.8 Å². The average Bonchev–Trinajstić information content (AvgIpc) is 1.37. The SMILES string of the molecule is N[C-]=NO.[CH3-].[CH3-].[Y+3]. The monoisotopic (exact) mass is 178 g/mol. The molecule has 7 heavy (non-hydrogen) atoms. The molecule has 0 aromatic rings. The van der Waals surface area contributed by atoms with Gasteiger partial charge in [-0.1, -0.05) is 0 Å². The van der Waals surface area contributed by atoms with Gasteiger partial charge in [-0.05, 0) is 0 Å². The van der Waals surface area contributed by atoms with E-state index < -0.39 is 0 Å². The van der Waals surface area contributed by atoms with Gasteiger partial charge in [0.15, 0.2) is 0 Å². The molecule has 3 N–H and O–H groups in total. The Balaban J connectivity index is -0.0000000150. The molecule has 0 aliphatic heterocycles. The van der Waals surface area contributed by atoms with Crippen molar-refractivity contribution >= 4 is 6.34 Å². The fraction of sp³-hybridized carbons (Fsp3) is 0. The summed E-state index contributed by atoms with van der Waals surface area (Å²) in [5, 5.41) is 9.53. The van der Waals surface area contributed by atoms with Crippen LogP contribution in [0.1, 0.15) is 0 Å². The summed E-state index contributed by atoms with van der Waals surface area (Å²) in [7, 11) is 0. The van der Waals surface area contributed by atoms with E-state index in [1.807, 2.05) is 0 Å². The molecule has 0 aromatic carbocycles. The molecule has 0 aromatic heterocycles. The Labute approximate surface area is 69.8 Å². The van der Waals surface area contributed by atoms with Gasteiger partial charge in [0.1, 0.15) is 0 Å². The first kappa shape index (κ1) is 26.3. The topological polar surface area (TPSA) is 58.6 Å². The Morgan fingerprint density at radius 2 is 1.57 bits per heavy atom. The zero-order chi connectivity index (χ0) is 3.41. The first-order valence-electron chi connectivity index (χ1n) is 0.712. The molecular formula is C3H9N2OY. The molecule has 0 heterocycles. The van der Waals surface area contributed by atoms with Gasteiger partial charge in [0.25, 0.3) is 0 Å². The van der Waals surface area contributed by atoms with Crippen molar-refractivity contribution in [3.05, 3.63) is 14.9 Å². The minimum Gasteiger partial charge on any atom is -0.560 e. The Morgan fingerprint density at radius 1 is 1.43 bits per heavy atom. The van der Waals surface area contributed by atoms with E-state index in [-0.39, 0.29) is 47.6 Å². The Hall–Kier alpha value is 0.374. The molecule has 0 fully saturated rings. The third-order valence-corrected chi connectivity index (χ3v) is 0.0577. The van der Waals surface area contributed by atoms with Crippen LogP contribution in [0, 0.1) is 14.9 Å². The Bertz CT molecular complexity index is 28.1. The van der Waals surface area contributed by atoms with Crippen molar-refractivity contribution in [2.24, 2.45) is 10.9 Å². The fourth-order valence-corrected chi connectivity index (χ4v) is 0. The second kappa shape index (κ2) is 32.7. The molecule has 0 aliphatic carbocycles. The molecule has 0 radical (unpaired) electrons. The van der Waals surface area contributed by atoms with E-state index in [0.29, 0.717) is 0 Å². The minimum absolute atomic E-state index is 0. The molecule has 0 unspecified atom stereocenters. The van der Waals surface area contributed by atoms with Gasteiger partial charge >= 0.3 is 32.7 Å². The number of nitrogens with two attached hydrogens (primary N) is 1. The molecule has 0 spiro atoms. The molecule has 0 bridgehead atoms. The number of nitrogens with zero attached hydrogens (tertiary/aromatic N) is 1. The maximum atomic E-state index is 7.26. The van der Waals surface area contributed by atoms with Gasteiger partial charge in [0.2, 0.25) is 0 Å². The molecule has 0 atom stereocenters. The van der Waals surface area contributed by atoms with E-state index in [2.05, 4.69) is 10.9 Å². The summed E-state index contributed by atoms with van der Waals surface area (Å²) in [6.07, 6.45) is 1.61. The van der Waals surface area contributed by atoms with E-state index in [1.54, 1.807) is 6.34 Å². The molecule has 0 saturated heterocycles.